The highest BCUT2D eigenvalue weighted by Gasteiger charge is 2.18. The third-order valence-electron chi connectivity index (χ3n) is 9.72. The smallest absolute Gasteiger partial charge is 0.164 e. The molecular weight excluding hydrogens is 623 g/mol. The summed E-state index contributed by atoms with van der Waals surface area (Å²) in [5, 5.41) is 6.95. The third kappa shape index (κ3) is 5.04. The van der Waals surface area contributed by atoms with Crippen LogP contribution in [0.15, 0.2) is 180 Å². The fraction of sp³-hybridized carbons (Fsp3) is 0. The first kappa shape index (κ1) is 29.0. The van der Waals surface area contributed by atoms with E-state index in [9.17, 15) is 0 Å². The molecule has 0 aliphatic rings. The lowest BCUT2D eigenvalue weighted by Gasteiger charge is -2.09. The van der Waals surface area contributed by atoms with E-state index >= 15 is 0 Å². The summed E-state index contributed by atoms with van der Waals surface area (Å²) in [4.78, 5) is 14.7. The maximum atomic E-state index is 6.82. The van der Waals surface area contributed by atoms with Crippen molar-refractivity contribution in [2.24, 2.45) is 0 Å². The summed E-state index contributed by atoms with van der Waals surface area (Å²) in [6.45, 7) is 0. The van der Waals surface area contributed by atoms with E-state index in [4.69, 9.17) is 19.4 Å². The van der Waals surface area contributed by atoms with Crippen molar-refractivity contribution in [2.75, 3.05) is 0 Å². The van der Waals surface area contributed by atoms with Gasteiger partial charge in [-0.25, -0.2) is 15.0 Å². The number of aromatic nitrogens is 3. The van der Waals surface area contributed by atoms with Gasteiger partial charge in [-0.1, -0.05) is 164 Å². The summed E-state index contributed by atoms with van der Waals surface area (Å²) >= 11 is 0. The Morgan fingerprint density at radius 3 is 1.49 bits per heavy atom. The number of nitrogens with zero attached hydrogens (tertiary/aromatic N) is 3. The average molecular weight is 652 g/mol. The molecule has 0 spiro atoms. The van der Waals surface area contributed by atoms with Gasteiger partial charge in [-0.05, 0) is 45.0 Å². The predicted octanol–water partition coefficient (Wildman–Crippen LogP) is 12.4. The molecular formula is C47H29N3O. The van der Waals surface area contributed by atoms with E-state index in [0.717, 1.165) is 55.1 Å². The van der Waals surface area contributed by atoms with Crippen LogP contribution in [0.5, 0.6) is 0 Å². The summed E-state index contributed by atoms with van der Waals surface area (Å²) in [6, 6.07) is 61.1. The van der Waals surface area contributed by atoms with E-state index in [0.29, 0.717) is 17.5 Å². The molecule has 0 radical (unpaired) electrons. The Morgan fingerprint density at radius 1 is 0.294 bits per heavy atom. The number of furan rings is 1. The minimum atomic E-state index is 0.629. The molecule has 2 heterocycles. The second-order valence-electron chi connectivity index (χ2n) is 12.8. The summed E-state index contributed by atoms with van der Waals surface area (Å²) in [6.07, 6.45) is 0. The lowest BCUT2D eigenvalue weighted by Crippen LogP contribution is -2.00. The highest BCUT2D eigenvalue weighted by Crippen LogP contribution is 2.43. The Hall–Kier alpha value is -6.91. The fourth-order valence-corrected chi connectivity index (χ4v) is 7.18. The van der Waals surface area contributed by atoms with Gasteiger partial charge in [0.2, 0.25) is 0 Å². The maximum Gasteiger partial charge on any atom is 0.164 e. The second kappa shape index (κ2) is 11.9. The Bertz CT molecular complexity index is 2840. The Labute approximate surface area is 294 Å². The third-order valence-corrected chi connectivity index (χ3v) is 9.72. The number of rotatable bonds is 5. The van der Waals surface area contributed by atoms with E-state index in [2.05, 4.69) is 115 Å². The highest BCUT2D eigenvalue weighted by molar-refractivity contribution is 6.20. The van der Waals surface area contributed by atoms with Crippen molar-refractivity contribution in [1.82, 2.24) is 15.0 Å². The number of hydrogen-bond donors (Lipinski definition) is 0. The lowest BCUT2D eigenvalue weighted by atomic mass is 9.93. The fourth-order valence-electron chi connectivity index (χ4n) is 7.18. The van der Waals surface area contributed by atoms with E-state index in [1.54, 1.807) is 0 Å². The molecule has 0 saturated heterocycles. The van der Waals surface area contributed by atoms with E-state index in [1.165, 1.54) is 27.3 Å². The molecule has 0 N–H and O–H groups in total. The van der Waals surface area contributed by atoms with Crippen LogP contribution in [0.25, 0.3) is 99.9 Å². The SMILES string of the molecule is c1ccc(-c2nc(-c3ccccc3)nc(-c3ccc(-c4cccc5c4oc4c6ccccc6c(-c6ccc7ccccc7c6)cc54)cc3)n2)cc1. The van der Waals surface area contributed by atoms with Crippen LogP contribution in [0.2, 0.25) is 0 Å². The summed E-state index contributed by atoms with van der Waals surface area (Å²) in [5.41, 5.74) is 9.07. The number of para-hydroxylation sites is 1. The topological polar surface area (TPSA) is 51.8 Å². The molecule has 10 aromatic rings. The monoisotopic (exact) mass is 651 g/mol. The second-order valence-corrected chi connectivity index (χ2v) is 12.8. The molecule has 51 heavy (non-hydrogen) atoms. The van der Waals surface area contributed by atoms with E-state index in [1.807, 2.05) is 60.7 Å². The van der Waals surface area contributed by atoms with Crippen molar-refractivity contribution < 1.29 is 4.42 Å². The van der Waals surface area contributed by atoms with Crippen molar-refractivity contribution in [3.63, 3.8) is 0 Å². The van der Waals surface area contributed by atoms with Gasteiger partial charge in [0.15, 0.2) is 17.5 Å². The van der Waals surface area contributed by atoms with Gasteiger partial charge in [-0.2, -0.15) is 0 Å². The highest BCUT2D eigenvalue weighted by atomic mass is 16.3. The maximum absolute atomic E-state index is 6.82. The van der Waals surface area contributed by atoms with E-state index < -0.39 is 0 Å². The Balaban J connectivity index is 1.09. The van der Waals surface area contributed by atoms with Crippen molar-refractivity contribution in [3.05, 3.63) is 176 Å². The first-order chi connectivity index (χ1) is 25.3. The molecule has 4 heteroatoms. The quantitative estimate of drug-likeness (QED) is 0.186. The predicted molar refractivity (Wildman–Crippen MR) is 209 cm³/mol. The minimum absolute atomic E-state index is 0.629. The zero-order chi connectivity index (χ0) is 33.7. The van der Waals surface area contributed by atoms with Crippen LogP contribution in [0.4, 0.5) is 0 Å². The van der Waals surface area contributed by atoms with Gasteiger partial charge >= 0.3 is 0 Å². The molecule has 238 valence electrons. The van der Waals surface area contributed by atoms with E-state index in [-0.39, 0.29) is 0 Å². The van der Waals surface area contributed by atoms with Gasteiger partial charge in [0.05, 0.1) is 0 Å². The van der Waals surface area contributed by atoms with Gasteiger partial charge in [0.25, 0.3) is 0 Å². The molecule has 8 aromatic carbocycles. The first-order valence-electron chi connectivity index (χ1n) is 17.1. The van der Waals surface area contributed by atoms with Crippen molar-refractivity contribution >= 4 is 43.5 Å². The van der Waals surface area contributed by atoms with Crippen LogP contribution < -0.4 is 0 Å². The molecule has 4 nitrogen and oxygen atoms in total. The number of benzene rings is 8. The van der Waals surface area contributed by atoms with Crippen LogP contribution in [0, 0.1) is 0 Å². The first-order valence-corrected chi connectivity index (χ1v) is 17.1. The molecule has 0 atom stereocenters. The van der Waals surface area contributed by atoms with Crippen LogP contribution in [-0.4, -0.2) is 15.0 Å². The lowest BCUT2D eigenvalue weighted by molar-refractivity contribution is 0.674. The molecule has 0 aliphatic carbocycles. The molecule has 0 aliphatic heterocycles. The average Bonchev–Trinajstić information content (AvgIpc) is 3.60. The molecule has 2 aromatic heterocycles. The standard InChI is InChI=1S/C47H29N3O/c1-3-13-32(14-4-1)45-48-46(33-15-5-2-6-16-33)50-47(49-45)34-25-23-31(24-26-34)37-20-11-21-40-42-29-41(36-27-22-30-12-7-8-17-35(30)28-36)38-18-9-10-19-39(38)44(42)51-43(37)40/h1-29H. The van der Waals surface area contributed by atoms with Crippen LogP contribution >= 0.6 is 0 Å². The largest absolute Gasteiger partial charge is 0.455 e. The summed E-state index contributed by atoms with van der Waals surface area (Å²) < 4.78 is 6.82. The molecule has 0 bridgehead atoms. The number of fused-ring (bicyclic) bond motifs is 6. The number of hydrogen-bond acceptors (Lipinski definition) is 4. The zero-order valence-electron chi connectivity index (χ0n) is 27.5. The van der Waals surface area contributed by atoms with Crippen LogP contribution in [0.1, 0.15) is 0 Å². The van der Waals surface area contributed by atoms with Crippen LogP contribution in [0.3, 0.4) is 0 Å². The van der Waals surface area contributed by atoms with Crippen molar-refractivity contribution in [3.8, 4) is 56.4 Å². The van der Waals surface area contributed by atoms with Crippen LogP contribution in [-0.2, 0) is 0 Å². The van der Waals surface area contributed by atoms with Crippen molar-refractivity contribution in [1.29, 1.82) is 0 Å². The molecule has 0 unspecified atom stereocenters. The van der Waals surface area contributed by atoms with Gasteiger partial charge < -0.3 is 4.42 Å². The zero-order valence-corrected chi connectivity index (χ0v) is 27.5. The molecule has 0 amide bonds. The van der Waals surface area contributed by atoms with Gasteiger partial charge in [-0.3, -0.25) is 0 Å². The summed E-state index contributed by atoms with van der Waals surface area (Å²) in [5.74, 6) is 1.92. The summed E-state index contributed by atoms with van der Waals surface area (Å²) in [7, 11) is 0. The molecule has 10 rings (SSSR count). The Morgan fingerprint density at radius 2 is 0.804 bits per heavy atom. The minimum Gasteiger partial charge on any atom is -0.455 e. The van der Waals surface area contributed by atoms with Crippen molar-refractivity contribution in [2.45, 2.75) is 0 Å². The molecule has 0 fully saturated rings. The van der Waals surface area contributed by atoms with Gasteiger partial charge in [0, 0.05) is 38.4 Å². The molecule has 0 saturated carbocycles. The van der Waals surface area contributed by atoms with Gasteiger partial charge in [-0.15, -0.1) is 0 Å². The van der Waals surface area contributed by atoms with Gasteiger partial charge in [0.1, 0.15) is 11.2 Å². The Kier molecular flexibility index (Phi) is 6.78. The normalized spacial score (nSPS) is 11.5.